The van der Waals surface area contributed by atoms with Crippen LogP contribution in [0, 0.1) is 6.92 Å². The zero-order valence-corrected chi connectivity index (χ0v) is 16.5. The van der Waals surface area contributed by atoms with E-state index in [1.165, 1.54) is 18.4 Å². The Labute approximate surface area is 165 Å². The Kier molecular flexibility index (Phi) is 4.78. The molecule has 1 saturated carbocycles. The number of ether oxygens (including phenoxy) is 1. The van der Waals surface area contributed by atoms with Crippen LogP contribution in [0.3, 0.4) is 0 Å². The number of aryl methyl sites for hydroxylation is 1. The zero-order valence-electron chi connectivity index (χ0n) is 15.7. The number of aliphatic hydroxyl groups excluding tert-OH is 1. The van der Waals surface area contributed by atoms with Gasteiger partial charge in [0.15, 0.2) is 0 Å². The first kappa shape index (κ1) is 18.8. The molecule has 3 aromatic rings. The highest BCUT2D eigenvalue weighted by molar-refractivity contribution is 7.20. The van der Waals surface area contributed by atoms with E-state index in [9.17, 15) is 14.7 Å². The van der Waals surface area contributed by atoms with Crippen molar-refractivity contribution in [1.82, 2.24) is 9.97 Å². The summed E-state index contributed by atoms with van der Waals surface area (Å²) in [6, 6.07) is 7.57. The molecule has 146 valence electrons. The third kappa shape index (κ3) is 3.23. The van der Waals surface area contributed by atoms with Gasteiger partial charge in [0.1, 0.15) is 17.3 Å². The van der Waals surface area contributed by atoms with Gasteiger partial charge in [-0.3, -0.25) is 9.59 Å². The van der Waals surface area contributed by atoms with Gasteiger partial charge in [-0.2, -0.15) is 0 Å². The molecule has 1 aliphatic rings. The highest BCUT2D eigenvalue weighted by atomic mass is 32.1. The van der Waals surface area contributed by atoms with Crippen LogP contribution in [0.15, 0.2) is 29.1 Å². The lowest BCUT2D eigenvalue weighted by atomic mass is 9.97. The number of aromatic nitrogens is 2. The highest BCUT2D eigenvalue weighted by Crippen LogP contribution is 2.47. The summed E-state index contributed by atoms with van der Waals surface area (Å²) >= 11 is 1.19. The van der Waals surface area contributed by atoms with E-state index in [1.54, 1.807) is 6.92 Å². The SMILES string of the molecule is COCc1nc2sc(C(=O)Nc3ccc(C4(CO)CC4)cc3)c(C)c2c(=O)[nH]1. The molecule has 28 heavy (non-hydrogen) atoms. The van der Waals surface area contributed by atoms with Crippen molar-refractivity contribution in [2.75, 3.05) is 19.0 Å². The summed E-state index contributed by atoms with van der Waals surface area (Å²) in [6.07, 6.45) is 1.98. The first-order chi connectivity index (χ1) is 13.5. The van der Waals surface area contributed by atoms with Gasteiger partial charge in [0, 0.05) is 18.2 Å². The fraction of sp³-hybridized carbons (Fsp3) is 0.350. The van der Waals surface area contributed by atoms with Crippen LogP contribution >= 0.6 is 11.3 Å². The largest absolute Gasteiger partial charge is 0.395 e. The maximum absolute atomic E-state index is 12.8. The van der Waals surface area contributed by atoms with Gasteiger partial charge in [-0.05, 0) is 43.0 Å². The number of benzene rings is 1. The number of rotatable bonds is 6. The maximum Gasteiger partial charge on any atom is 0.266 e. The molecule has 7 nitrogen and oxygen atoms in total. The lowest BCUT2D eigenvalue weighted by molar-refractivity contribution is 0.103. The molecule has 1 fully saturated rings. The third-order valence-electron chi connectivity index (χ3n) is 5.25. The summed E-state index contributed by atoms with van der Waals surface area (Å²) < 4.78 is 5.02. The zero-order chi connectivity index (χ0) is 19.9. The number of carbonyl (C=O) groups is 1. The first-order valence-corrected chi connectivity index (χ1v) is 9.83. The minimum atomic E-state index is -0.274. The maximum atomic E-state index is 12.8. The fourth-order valence-corrected chi connectivity index (χ4v) is 4.49. The molecule has 2 aromatic heterocycles. The number of aromatic amines is 1. The fourth-order valence-electron chi connectivity index (χ4n) is 3.39. The second-order valence-electron chi connectivity index (χ2n) is 7.15. The van der Waals surface area contributed by atoms with Crippen LogP contribution in [0.25, 0.3) is 10.2 Å². The Balaban J connectivity index is 1.59. The van der Waals surface area contributed by atoms with E-state index in [4.69, 9.17) is 4.74 Å². The predicted molar refractivity (Wildman–Crippen MR) is 108 cm³/mol. The Morgan fingerprint density at radius 1 is 1.36 bits per heavy atom. The van der Waals surface area contributed by atoms with Crippen molar-refractivity contribution in [3.63, 3.8) is 0 Å². The summed E-state index contributed by atoms with van der Waals surface area (Å²) in [5.74, 6) is 0.158. The van der Waals surface area contributed by atoms with Crippen molar-refractivity contribution >= 4 is 33.1 Å². The van der Waals surface area contributed by atoms with Crippen molar-refractivity contribution < 1.29 is 14.6 Å². The average molecular weight is 399 g/mol. The van der Waals surface area contributed by atoms with Crippen LogP contribution in [-0.4, -0.2) is 34.7 Å². The lowest BCUT2D eigenvalue weighted by Crippen LogP contribution is -2.14. The van der Waals surface area contributed by atoms with Crippen molar-refractivity contribution in [2.45, 2.75) is 31.8 Å². The summed E-state index contributed by atoms with van der Waals surface area (Å²) in [5, 5.41) is 12.9. The monoisotopic (exact) mass is 399 g/mol. The number of H-pyrrole nitrogens is 1. The molecule has 1 aliphatic carbocycles. The van der Waals surface area contributed by atoms with E-state index >= 15 is 0 Å². The van der Waals surface area contributed by atoms with Gasteiger partial charge < -0.3 is 20.1 Å². The smallest absolute Gasteiger partial charge is 0.266 e. The molecule has 8 heteroatoms. The molecule has 4 rings (SSSR count). The van der Waals surface area contributed by atoms with Crippen LogP contribution in [-0.2, 0) is 16.8 Å². The molecule has 0 aliphatic heterocycles. The number of fused-ring (bicyclic) bond motifs is 1. The number of nitrogens with zero attached hydrogens (tertiary/aromatic N) is 1. The van der Waals surface area contributed by atoms with Crippen molar-refractivity contribution in [3.8, 4) is 0 Å². The number of carbonyl (C=O) groups excluding carboxylic acids is 1. The summed E-state index contributed by atoms with van der Waals surface area (Å²) in [5.41, 5.74) is 2.00. The van der Waals surface area contributed by atoms with Gasteiger partial charge in [0.05, 0.1) is 16.9 Å². The van der Waals surface area contributed by atoms with Crippen molar-refractivity contribution in [1.29, 1.82) is 0 Å². The number of aliphatic hydroxyl groups is 1. The van der Waals surface area contributed by atoms with Gasteiger partial charge in [0.25, 0.3) is 11.5 Å². The summed E-state index contributed by atoms with van der Waals surface area (Å²) in [7, 11) is 1.53. The number of methoxy groups -OCH3 is 1. The standard InChI is InChI=1S/C20H21N3O4S/c1-11-15-17(25)22-14(9-27-2)23-19(15)28-16(11)18(26)21-13-5-3-12(4-6-13)20(10-24)7-8-20/h3-6,24H,7-10H2,1-2H3,(H,21,26)(H,22,23,25). The van der Waals surface area contributed by atoms with Gasteiger partial charge >= 0.3 is 0 Å². The molecular formula is C20H21N3O4S. The topological polar surface area (TPSA) is 104 Å². The molecule has 0 atom stereocenters. The Bertz CT molecular complexity index is 1100. The number of nitrogens with one attached hydrogen (secondary N) is 2. The molecule has 0 saturated heterocycles. The molecule has 3 N–H and O–H groups in total. The molecule has 0 bridgehead atoms. The Morgan fingerprint density at radius 3 is 2.68 bits per heavy atom. The Hall–Kier alpha value is -2.55. The van der Waals surface area contributed by atoms with Crippen LogP contribution in [0.5, 0.6) is 0 Å². The van der Waals surface area contributed by atoms with Crippen LogP contribution in [0.2, 0.25) is 0 Å². The van der Waals surface area contributed by atoms with E-state index in [2.05, 4.69) is 15.3 Å². The molecule has 0 radical (unpaired) electrons. The molecule has 0 spiro atoms. The number of amides is 1. The van der Waals surface area contributed by atoms with Gasteiger partial charge in [-0.15, -0.1) is 11.3 Å². The predicted octanol–water partition coefficient (Wildman–Crippen LogP) is 2.72. The quantitative estimate of drug-likeness (QED) is 0.591. The van der Waals surface area contributed by atoms with E-state index in [1.807, 2.05) is 24.3 Å². The molecular weight excluding hydrogens is 378 g/mol. The minimum Gasteiger partial charge on any atom is -0.395 e. The normalized spacial score (nSPS) is 15.0. The first-order valence-electron chi connectivity index (χ1n) is 9.01. The van der Waals surface area contributed by atoms with Crippen LogP contribution < -0.4 is 10.9 Å². The number of hydrogen-bond acceptors (Lipinski definition) is 6. The van der Waals surface area contributed by atoms with E-state index < -0.39 is 0 Å². The van der Waals surface area contributed by atoms with Crippen LogP contribution in [0.1, 0.15) is 39.5 Å². The summed E-state index contributed by atoms with van der Waals surface area (Å²) in [4.78, 5) is 33.2. The minimum absolute atomic E-state index is 0.1000. The second-order valence-corrected chi connectivity index (χ2v) is 8.15. The average Bonchev–Trinajstić information content (AvgIpc) is 3.40. The second kappa shape index (κ2) is 7.12. The van der Waals surface area contributed by atoms with Gasteiger partial charge in [-0.25, -0.2) is 4.98 Å². The van der Waals surface area contributed by atoms with Gasteiger partial charge in [-0.1, -0.05) is 12.1 Å². The number of anilines is 1. The van der Waals surface area contributed by atoms with Crippen molar-refractivity contribution in [2.24, 2.45) is 0 Å². The molecule has 0 unspecified atom stereocenters. The van der Waals surface area contributed by atoms with Gasteiger partial charge in [0.2, 0.25) is 0 Å². The third-order valence-corrected chi connectivity index (χ3v) is 6.43. The van der Waals surface area contributed by atoms with E-state index in [-0.39, 0.29) is 30.1 Å². The number of hydrogen-bond donors (Lipinski definition) is 3. The van der Waals surface area contributed by atoms with Crippen molar-refractivity contribution in [3.05, 3.63) is 56.4 Å². The number of thiophene rings is 1. The molecule has 1 aromatic carbocycles. The Morgan fingerprint density at radius 2 is 2.07 bits per heavy atom. The van der Waals surface area contributed by atoms with E-state index in [0.29, 0.717) is 32.2 Å². The van der Waals surface area contributed by atoms with E-state index in [0.717, 1.165) is 18.4 Å². The van der Waals surface area contributed by atoms with Crippen LogP contribution in [0.4, 0.5) is 5.69 Å². The lowest BCUT2D eigenvalue weighted by Gasteiger charge is -2.13. The molecule has 2 heterocycles. The summed E-state index contributed by atoms with van der Waals surface area (Å²) in [6.45, 7) is 2.10. The molecule has 1 amide bonds. The highest BCUT2D eigenvalue weighted by Gasteiger charge is 2.43.